The SMILES string of the molecule is CCOC(=O)C1CN(c2n[nH]c(-c3ccc(F)cc3)c2-c2ccncc2)CCN1. The minimum Gasteiger partial charge on any atom is -0.465 e. The predicted molar refractivity (Wildman–Crippen MR) is 108 cm³/mol. The molecule has 1 aliphatic rings. The number of aromatic nitrogens is 3. The van der Waals surface area contributed by atoms with Gasteiger partial charge in [0.15, 0.2) is 5.82 Å². The van der Waals surface area contributed by atoms with Gasteiger partial charge in [0.25, 0.3) is 0 Å². The van der Waals surface area contributed by atoms with Crippen LogP contribution in [0.15, 0.2) is 48.8 Å². The minimum atomic E-state index is -0.417. The molecule has 0 bridgehead atoms. The zero-order chi connectivity index (χ0) is 20.2. The molecule has 2 N–H and O–H groups in total. The number of H-pyrrole nitrogens is 1. The first-order valence-corrected chi connectivity index (χ1v) is 9.57. The number of hydrogen-bond acceptors (Lipinski definition) is 6. The largest absolute Gasteiger partial charge is 0.465 e. The highest BCUT2D eigenvalue weighted by Gasteiger charge is 2.30. The molecule has 1 atom stereocenters. The van der Waals surface area contributed by atoms with Crippen LogP contribution in [0.5, 0.6) is 0 Å². The van der Waals surface area contributed by atoms with Crippen molar-refractivity contribution in [2.45, 2.75) is 13.0 Å². The van der Waals surface area contributed by atoms with E-state index in [0.29, 0.717) is 26.2 Å². The lowest BCUT2D eigenvalue weighted by molar-refractivity contribution is -0.145. The van der Waals surface area contributed by atoms with Crippen LogP contribution in [0.25, 0.3) is 22.4 Å². The number of halogens is 1. The summed E-state index contributed by atoms with van der Waals surface area (Å²) in [4.78, 5) is 18.4. The van der Waals surface area contributed by atoms with Crippen LogP contribution in [0.1, 0.15) is 6.92 Å². The number of anilines is 1. The highest BCUT2D eigenvalue weighted by Crippen LogP contribution is 2.38. The van der Waals surface area contributed by atoms with E-state index in [-0.39, 0.29) is 11.8 Å². The molecule has 2 aromatic heterocycles. The first-order valence-electron chi connectivity index (χ1n) is 9.57. The second-order valence-electron chi connectivity index (χ2n) is 6.74. The fourth-order valence-corrected chi connectivity index (χ4v) is 3.52. The molecule has 1 unspecified atom stereocenters. The van der Waals surface area contributed by atoms with Crippen molar-refractivity contribution in [1.29, 1.82) is 0 Å². The van der Waals surface area contributed by atoms with Crippen molar-refractivity contribution in [3.63, 3.8) is 0 Å². The van der Waals surface area contributed by atoms with Gasteiger partial charge < -0.3 is 15.0 Å². The summed E-state index contributed by atoms with van der Waals surface area (Å²) in [6.45, 7) is 3.92. The maximum atomic E-state index is 13.4. The smallest absolute Gasteiger partial charge is 0.324 e. The Morgan fingerprint density at radius 3 is 2.69 bits per heavy atom. The number of nitrogens with one attached hydrogen (secondary N) is 2. The van der Waals surface area contributed by atoms with E-state index in [1.807, 2.05) is 12.1 Å². The Hall–Kier alpha value is -3.26. The molecular formula is C21H22FN5O2. The molecule has 150 valence electrons. The van der Waals surface area contributed by atoms with Crippen LogP contribution in [0, 0.1) is 5.82 Å². The molecule has 1 saturated heterocycles. The zero-order valence-corrected chi connectivity index (χ0v) is 16.1. The van der Waals surface area contributed by atoms with Crippen LogP contribution >= 0.6 is 0 Å². The number of rotatable bonds is 5. The summed E-state index contributed by atoms with van der Waals surface area (Å²) in [6, 6.07) is 9.69. The van der Waals surface area contributed by atoms with Crippen LogP contribution in [-0.2, 0) is 9.53 Å². The third kappa shape index (κ3) is 3.97. The Morgan fingerprint density at radius 2 is 1.97 bits per heavy atom. The van der Waals surface area contributed by atoms with Gasteiger partial charge in [0, 0.05) is 37.6 Å². The lowest BCUT2D eigenvalue weighted by Crippen LogP contribution is -2.55. The number of esters is 1. The highest BCUT2D eigenvalue weighted by molar-refractivity contribution is 5.89. The molecular weight excluding hydrogens is 373 g/mol. The molecule has 3 heterocycles. The molecule has 1 fully saturated rings. The molecule has 0 spiro atoms. The monoisotopic (exact) mass is 395 g/mol. The van der Waals surface area contributed by atoms with Gasteiger partial charge in [-0.25, -0.2) is 4.39 Å². The predicted octanol–water partition coefficient (Wildman–Crippen LogP) is 2.62. The van der Waals surface area contributed by atoms with Gasteiger partial charge in [0.1, 0.15) is 11.9 Å². The third-order valence-electron chi connectivity index (χ3n) is 4.90. The van der Waals surface area contributed by atoms with Gasteiger partial charge in [0.2, 0.25) is 0 Å². The number of carbonyl (C=O) groups is 1. The van der Waals surface area contributed by atoms with E-state index in [4.69, 9.17) is 4.74 Å². The summed E-state index contributed by atoms with van der Waals surface area (Å²) < 4.78 is 18.6. The summed E-state index contributed by atoms with van der Waals surface area (Å²) in [5.41, 5.74) is 3.45. The molecule has 3 aromatic rings. The van der Waals surface area contributed by atoms with E-state index in [2.05, 4.69) is 25.4 Å². The molecule has 0 aliphatic carbocycles. The van der Waals surface area contributed by atoms with Crippen LogP contribution in [0.2, 0.25) is 0 Å². The van der Waals surface area contributed by atoms with Crippen molar-refractivity contribution in [1.82, 2.24) is 20.5 Å². The van der Waals surface area contributed by atoms with Gasteiger partial charge in [-0.05, 0) is 48.9 Å². The summed E-state index contributed by atoms with van der Waals surface area (Å²) >= 11 is 0. The van der Waals surface area contributed by atoms with Gasteiger partial charge in [0.05, 0.1) is 17.9 Å². The molecule has 8 heteroatoms. The number of pyridine rings is 1. The number of carbonyl (C=O) groups excluding carboxylic acids is 1. The lowest BCUT2D eigenvalue weighted by Gasteiger charge is -2.33. The molecule has 29 heavy (non-hydrogen) atoms. The number of aromatic amines is 1. The molecule has 4 rings (SSSR count). The molecule has 1 aromatic carbocycles. The van der Waals surface area contributed by atoms with E-state index in [9.17, 15) is 9.18 Å². The van der Waals surface area contributed by atoms with Gasteiger partial charge in [-0.1, -0.05) is 0 Å². The fourth-order valence-electron chi connectivity index (χ4n) is 3.52. The van der Waals surface area contributed by atoms with Gasteiger partial charge in [-0.2, -0.15) is 5.10 Å². The minimum absolute atomic E-state index is 0.267. The van der Waals surface area contributed by atoms with Crippen LogP contribution in [0.4, 0.5) is 10.2 Å². The highest BCUT2D eigenvalue weighted by atomic mass is 19.1. The summed E-state index contributed by atoms with van der Waals surface area (Å²) in [7, 11) is 0. The quantitative estimate of drug-likeness (QED) is 0.647. The number of ether oxygens (including phenoxy) is 1. The standard InChI is InChI=1S/C21H22FN5O2/c1-2-29-21(28)17-13-27(12-11-24-17)20-18(14-7-9-23-10-8-14)19(25-26-20)15-3-5-16(22)6-4-15/h3-10,17,24H,2,11-13H2,1H3,(H,25,26). The average molecular weight is 395 g/mol. The molecule has 0 radical (unpaired) electrons. The first-order chi connectivity index (χ1) is 14.2. The third-order valence-corrected chi connectivity index (χ3v) is 4.90. The Labute approximate surface area is 167 Å². The second-order valence-corrected chi connectivity index (χ2v) is 6.74. The fraction of sp³-hybridized carbons (Fsp3) is 0.286. The van der Waals surface area contributed by atoms with Crippen molar-refractivity contribution in [3.05, 3.63) is 54.6 Å². The van der Waals surface area contributed by atoms with E-state index in [0.717, 1.165) is 28.2 Å². The van der Waals surface area contributed by atoms with Gasteiger partial charge >= 0.3 is 5.97 Å². The normalized spacial score (nSPS) is 16.6. The summed E-state index contributed by atoms with van der Waals surface area (Å²) in [5, 5.41) is 10.9. The Morgan fingerprint density at radius 1 is 1.21 bits per heavy atom. The summed E-state index contributed by atoms with van der Waals surface area (Å²) in [5.74, 6) is 0.182. The van der Waals surface area contributed by atoms with Gasteiger partial charge in [-0.3, -0.25) is 14.9 Å². The summed E-state index contributed by atoms with van der Waals surface area (Å²) in [6.07, 6.45) is 3.44. The molecule has 7 nitrogen and oxygen atoms in total. The van der Waals surface area contributed by atoms with Crippen molar-refractivity contribution in [2.24, 2.45) is 0 Å². The maximum absolute atomic E-state index is 13.4. The topological polar surface area (TPSA) is 83.1 Å². The Bertz CT molecular complexity index is 974. The van der Waals surface area contributed by atoms with Crippen molar-refractivity contribution in [3.8, 4) is 22.4 Å². The zero-order valence-electron chi connectivity index (χ0n) is 16.1. The average Bonchev–Trinajstić information content (AvgIpc) is 3.20. The van der Waals surface area contributed by atoms with E-state index < -0.39 is 6.04 Å². The Balaban J connectivity index is 1.74. The van der Waals surface area contributed by atoms with Crippen LogP contribution in [0.3, 0.4) is 0 Å². The first kappa shape index (κ1) is 19.1. The van der Waals surface area contributed by atoms with Crippen molar-refractivity contribution >= 4 is 11.8 Å². The maximum Gasteiger partial charge on any atom is 0.324 e. The second kappa shape index (κ2) is 8.40. The van der Waals surface area contributed by atoms with E-state index in [1.165, 1.54) is 12.1 Å². The molecule has 1 aliphatic heterocycles. The van der Waals surface area contributed by atoms with Crippen molar-refractivity contribution < 1.29 is 13.9 Å². The molecule has 0 saturated carbocycles. The van der Waals surface area contributed by atoms with E-state index >= 15 is 0 Å². The van der Waals surface area contributed by atoms with E-state index in [1.54, 1.807) is 31.5 Å². The Kier molecular flexibility index (Phi) is 5.53. The van der Waals surface area contributed by atoms with Crippen molar-refractivity contribution in [2.75, 3.05) is 31.1 Å². The van der Waals surface area contributed by atoms with Crippen LogP contribution in [-0.4, -0.2) is 53.4 Å². The number of benzene rings is 1. The van der Waals surface area contributed by atoms with Crippen LogP contribution < -0.4 is 10.2 Å². The number of piperazine rings is 1. The molecule has 0 amide bonds. The number of nitrogens with zero attached hydrogens (tertiary/aromatic N) is 3. The van der Waals surface area contributed by atoms with Gasteiger partial charge in [-0.15, -0.1) is 0 Å². The number of hydrogen-bond donors (Lipinski definition) is 2. The lowest BCUT2D eigenvalue weighted by atomic mass is 10.0.